The van der Waals surface area contributed by atoms with Gasteiger partial charge in [-0.05, 0) is 47.7 Å². The highest BCUT2D eigenvalue weighted by atomic mass is 32.2. The van der Waals surface area contributed by atoms with Crippen LogP contribution in [0.4, 0.5) is 0 Å². The van der Waals surface area contributed by atoms with Crippen LogP contribution in [0.5, 0.6) is 0 Å². The third-order valence-corrected chi connectivity index (χ3v) is 5.98. The average molecular weight is 395 g/mol. The SMILES string of the molecule is CN(C(=O)c1ccccc1SCc1nnnn1-c1ccccc1)C1CCNC1. The molecule has 7 nitrogen and oxygen atoms in total. The second kappa shape index (κ2) is 8.53. The number of nitrogens with zero attached hydrogens (tertiary/aromatic N) is 5. The molecule has 0 saturated carbocycles. The molecule has 28 heavy (non-hydrogen) atoms. The van der Waals surface area contributed by atoms with Crippen molar-refractivity contribution >= 4 is 17.7 Å². The largest absolute Gasteiger partial charge is 0.337 e. The number of likely N-dealkylation sites (N-methyl/N-ethyl adjacent to an activating group) is 1. The zero-order valence-electron chi connectivity index (χ0n) is 15.7. The van der Waals surface area contributed by atoms with Crippen molar-refractivity contribution in [3.05, 3.63) is 66.0 Å². The molecule has 2 heterocycles. The number of aromatic nitrogens is 4. The Morgan fingerprint density at radius 3 is 2.79 bits per heavy atom. The number of tetrazole rings is 1. The number of carbonyl (C=O) groups is 1. The zero-order chi connectivity index (χ0) is 19.3. The molecule has 8 heteroatoms. The highest BCUT2D eigenvalue weighted by molar-refractivity contribution is 7.98. The monoisotopic (exact) mass is 394 g/mol. The summed E-state index contributed by atoms with van der Waals surface area (Å²) >= 11 is 1.58. The first kappa shape index (κ1) is 18.6. The normalized spacial score (nSPS) is 16.2. The van der Waals surface area contributed by atoms with Crippen molar-refractivity contribution in [3.63, 3.8) is 0 Å². The van der Waals surface area contributed by atoms with E-state index >= 15 is 0 Å². The fourth-order valence-electron chi connectivity index (χ4n) is 3.30. The number of para-hydroxylation sites is 1. The Labute approximate surface area is 168 Å². The summed E-state index contributed by atoms with van der Waals surface area (Å²) in [5.74, 6) is 1.37. The molecule has 0 bridgehead atoms. The summed E-state index contributed by atoms with van der Waals surface area (Å²) in [6, 6.07) is 17.8. The van der Waals surface area contributed by atoms with Gasteiger partial charge in [0.15, 0.2) is 5.82 Å². The molecule has 0 aliphatic carbocycles. The molecule has 1 aromatic heterocycles. The molecule has 1 aliphatic heterocycles. The first-order valence-corrected chi connectivity index (χ1v) is 10.2. The van der Waals surface area contributed by atoms with Crippen molar-refractivity contribution in [1.29, 1.82) is 0 Å². The molecular formula is C20H22N6OS. The number of rotatable bonds is 6. The van der Waals surface area contributed by atoms with Gasteiger partial charge in [-0.1, -0.05) is 30.3 Å². The third-order valence-electron chi connectivity index (χ3n) is 4.91. The Bertz CT molecular complexity index is 939. The average Bonchev–Trinajstić information content (AvgIpc) is 3.44. The van der Waals surface area contributed by atoms with Crippen molar-refractivity contribution in [2.24, 2.45) is 0 Å². The van der Waals surface area contributed by atoms with Gasteiger partial charge in [-0.2, -0.15) is 4.68 Å². The standard InChI is InChI=1S/C20H22N6OS/c1-25(16-11-12-21-13-16)20(27)17-9-5-6-10-18(17)28-14-19-22-23-24-26(19)15-7-3-2-4-8-15/h2-10,16,21H,11-14H2,1H3. The van der Waals surface area contributed by atoms with Crippen molar-refractivity contribution < 1.29 is 4.79 Å². The van der Waals surface area contributed by atoms with Crippen LogP contribution >= 0.6 is 11.8 Å². The number of hydrogen-bond acceptors (Lipinski definition) is 6. The molecule has 0 spiro atoms. The summed E-state index contributed by atoms with van der Waals surface area (Å²) in [4.78, 5) is 15.8. The lowest BCUT2D eigenvalue weighted by atomic mass is 10.1. The minimum absolute atomic E-state index is 0.0550. The second-order valence-electron chi connectivity index (χ2n) is 6.69. The molecule has 1 aliphatic rings. The first-order chi connectivity index (χ1) is 13.7. The highest BCUT2D eigenvalue weighted by Crippen LogP contribution is 2.27. The molecule has 1 N–H and O–H groups in total. The van der Waals surface area contributed by atoms with E-state index in [9.17, 15) is 4.79 Å². The maximum absolute atomic E-state index is 13.0. The van der Waals surface area contributed by atoms with Crippen molar-refractivity contribution in [1.82, 2.24) is 30.4 Å². The molecular weight excluding hydrogens is 372 g/mol. The molecule has 4 rings (SSSR count). The van der Waals surface area contributed by atoms with Crippen LogP contribution < -0.4 is 5.32 Å². The van der Waals surface area contributed by atoms with Crippen LogP contribution in [-0.2, 0) is 5.75 Å². The maximum atomic E-state index is 13.0. The molecule has 1 unspecified atom stereocenters. The summed E-state index contributed by atoms with van der Waals surface area (Å²) in [6.07, 6.45) is 0.989. The van der Waals surface area contributed by atoms with E-state index in [1.807, 2.05) is 66.5 Å². The van der Waals surface area contributed by atoms with Crippen LogP contribution in [-0.4, -0.2) is 57.2 Å². The van der Waals surface area contributed by atoms with E-state index in [-0.39, 0.29) is 11.9 Å². The van der Waals surface area contributed by atoms with E-state index in [2.05, 4.69) is 20.8 Å². The van der Waals surface area contributed by atoms with Crippen LogP contribution in [0.2, 0.25) is 0 Å². The maximum Gasteiger partial charge on any atom is 0.255 e. The van der Waals surface area contributed by atoms with E-state index in [0.717, 1.165) is 41.5 Å². The third kappa shape index (κ3) is 3.93. The molecule has 1 amide bonds. The van der Waals surface area contributed by atoms with Crippen LogP contribution in [0.15, 0.2) is 59.5 Å². The smallest absolute Gasteiger partial charge is 0.255 e. The Morgan fingerprint density at radius 2 is 2.00 bits per heavy atom. The molecule has 1 atom stereocenters. The minimum atomic E-state index is 0.0550. The highest BCUT2D eigenvalue weighted by Gasteiger charge is 2.25. The summed E-state index contributed by atoms with van der Waals surface area (Å²) in [5, 5.41) is 15.4. The summed E-state index contributed by atoms with van der Waals surface area (Å²) in [7, 11) is 1.89. The predicted molar refractivity (Wildman–Crippen MR) is 109 cm³/mol. The zero-order valence-corrected chi connectivity index (χ0v) is 16.5. The molecule has 3 aromatic rings. The van der Waals surface area contributed by atoms with Crippen molar-refractivity contribution in [3.8, 4) is 5.69 Å². The predicted octanol–water partition coefficient (Wildman–Crippen LogP) is 2.39. The molecule has 1 saturated heterocycles. The molecule has 2 aromatic carbocycles. The number of nitrogens with one attached hydrogen (secondary N) is 1. The minimum Gasteiger partial charge on any atom is -0.337 e. The first-order valence-electron chi connectivity index (χ1n) is 9.26. The van der Waals surface area contributed by atoms with Gasteiger partial charge in [-0.25, -0.2) is 0 Å². The van der Waals surface area contributed by atoms with E-state index in [0.29, 0.717) is 5.75 Å². The van der Waals surface area contributed by atoms with Crippen molar-refractivity contribution in [2.75, 3.05) is 20.1 Å². The van der Waals surface area contributed by atoms with Gasteiger partial charge in [0, 0.05) is 24.5 Å². The number of thioether (sulfide) groups is 1. The van der Waals surface area contributed by atoms with Gasteiger partial charge < -0.3 is 10.2 Å². The fraction of sp³-hybridized carbons (Fsp3) is 0.300. The molecule has 144 valence electrons. The second-order valence-corrected chi connectivity index (χ2v) is 7.71. The number of carbonyl (C=O) groups excluding carboxylic acids is 1. The van der Waals surface area contributed by atoms with E-state index < -0.39 is 0 Å². The summed E-state index contributed by atoms with van der Waals surface area (Å²) in [5.41, 5.74) is 1.64. The Hall–Kier alpha value is -2.71. The van der Waals surface area contributed by atoms with Crippen LogP contribution in [0.25, 0.3) is 5.69 Å². The van der Waals surface area contributed by atoms with Gasteiger partial charge in [-0.3, -0.25) is 4.79 Å². The lowest BCUT2D eigenvalue weighted by Gasteiger charge is -2.24. The van der Waals surface area contributed by atoms with E-state index in [4.69, 9.17) is 0 Å². The Kier molecular flexibility index (Phi) is 5.68. The fourth-order valence-corrected chi connectivity index (χ4v) is 4.25. The van der Waals surface area contributed by atoms with Gasteiger partial charge in [-0.15, -0.1) is 16.9 Å². The number of amides is 1. The van der Waals surface area contributed by atoms with Crippen LogP contribution in [0, 0.1) is 0 Å². The Balaban J connectivity index is 1.51. The van der Waals surface area contributed by atoms with E-state index in [1.54, 1.807) is 16.4 Å². The van der Waals surface area contributed by atoms with Crippen LogP contribution in [0.1, 0.15) is 22.6 Å². The van der Waals surface area contributed by atoms with Gasteiger partial charge in [0.1, 0.15) is 0 Å². The summed E-state index contributed by atoms with van der Waals surface area (Å²) < 4.78 is 1.73. The molecule has 1 fully saturated rings. The van der Waals surface area contributed by atoms with Gasteiger partial charge >= 0.3 is 0 Å². The Morgan fingerprint density at radius 1 is 1.21 bits per heavy atom. The van der Waals surface area contributed by atoms with E-state index in [1.165, 1.54) is 0 Å². The summed E-state index contributed by atoms with van der Waals surface area (Å²) in [6.45, 7) is 1.81. The number of hydrogen-bond donors (Lipinski definition) is 1. The van der Waals surface area contributed by atoms with Gasteiger partial charge in [0.25, 0.3) is 5.91 Å². The topological polar surface area (TPSA) is 75.9 Å². The number of benzene rings is 2. The lowest BCUT2D eigenvalue weighted by Crippen LogP contribution is -2.38. The molecule has 0 radical (unpaired) electrons. The van der Waals surface area contributed by atoms with Crippen LogP contribution in [0.3, 0.4) is 0 Å². The van der Waals surface area contributed by atoms with Gasteiger partial charge in [0.2, 0.25) is 0 Å². The lowest BCUT2D eigenvalue weighted by molar-refractivity contribution is 0.0740. The van der Waals surface area contributed by atoms with Gasteiger partial charge in [0.05, 0.1) is 17.0 Å². The quantitative estimate of drug-likeness (QED) is 0.647. The van der Waals surface area contributed by atoms with Crippen molar-refractivity contribution in [2.45, 2.75) is 23.1 Å².